The maximum Gasteiger partial charge on any atom is 0.227 e. The van der Waals surface area contributed by atoms with Gasteiger partial charge in [0.1, 0.15) is 0 Å². The van der Waals surface area contributed by atoms with E-state index in [2.05, 4.69) is 5.32 Å². The van der Waals surface area contributed by atoms with Crippen LogP contribution in [0.5, 0.6) is 0 Å². The summed E-state index contributed by atoms with van der Waals surface area (Å²) < 4.78 is 25.7. The van der Waals surface area contributed by atoms with E-state index in [9.17, 15) is 13.2 Å². The molecule has 7 heteroatoms. The van der Waals surface area contributed by atoms with Crippen LogP contribution in [0.4, 0.5) is 0 Å². The molecule has 0 aromatic heterocycles. The minimum Gasteiger partial charge on any atom is -0.342 e. The highest BCUT2D eigenvalue weighted by molar-refractivity contribution is 7.89. The Hall–Kier alpha value is -0.660. The summed E-state index contributed by atoms with van der Waals surface area (Å²) in [7, 11) is -3.18. The second-order valence-corrected chi connectivity index (χ2v) is 9.44. The molecule has 3 aliphatic rings. The second-order valence-electron chi connectivity index (χ2n) is 7.18. The Morgan fingerprint density at radius 2 is 1.74 bits per heavy atom. The van der Waals surface area contributed by atoms with Crippen LogP contribution in [0.2, 0.25) is 0 Å². The van der Waals surface area contributed by atoms with Crippen molar-refractivity contribution in [1.82, 2.24) is 14.5 Å². The van der Waals surface area contributed by atoms with Crippen LogP contribution in [0, 0.1) is 17.8 Å². The minimum atomic E-state index is -3.18. The molecule has 0 aromatic rings. The number of nitrogens with one attached hydrogen (secondary N) is 1. The van der Waals surface area contributed by atoms with Gasteiger partial charge >= 0.3 is 0 Å². The number of hydrogen-bond acceptors (Lipinski definition) is 4. The van der Waals surface area contributed by atoms with E-state index in [1.807, 2.05) is 4.90 Å². The fraction of sp³-hybridized carbons (Fsp3) is 0.938. The summed E-state index contributed by atoms with van der Waals surface area (Å²) in [5.74, 6) is 1.55. The van der Waals surface area contributed by atoms with Crippen molar-refractivity contribution >= 4 is 15.9 Å². The molecular formula is C16H29N3O3S. The lowest BCUT2D eigenvalue weighted by atomic mass is 9.92. The van der Waals surface area contributed by atoms with Crippen molar-refractivity contribution in [3.05, 3.63) is 0 Å². The molecule has 1 N–H and O–H groups in total. The van der Waals surface area contributed by atoms with E-state index in [-0.39, 0.29) is 17.6 Å². The summed E-state index contributed by atoms with van der Waals surface area (Å²) in [6, 6.07) is 0. The van der Waals surface area contributed by atoms with E-state index in [0.717, 1.165) is 51.9 Å². The quantitative estimate of drug-likeness (QED) is 0.810. The van der Waals surface area contributed by atoms with Crippen LogP contribution in [-0.4, -0.2) is 68.6 Å². The van der Waals surface area contributed by atoms with Crippen LogP contribution >= 0.6 is 0 Å². The van der Waals surface area contributed by atoms with Gasteiger partial charge in [-0.3, -0.25) is 4.79 Å². The van der Waals surface area contributed by atoms with E-state index in [1.54, 1.807) is 6.92 Å². The van der Waals surface area contributed by atoms with Gasteiger partial charge in [0, 0.05) is 26.2 Å². The normalized spacial score (nSPS) is 33.3. The summed E-state index contributed by atoms with van der Waals surface area (Å²) >= 11 is 0. The highest BCUT2D eigenvalue weighted by atomic mass is 32.2. The Bertz CT molecular complexity index is 523. The van der Waals surface area contributed by atoms with Crippen LogP contribution in [-0.2, 0) is 14.8 Å². The first kappa shape index (κ1) is 17.2. The third-order valence-electron chi connectivity index (χ3n) is 5.82. The van der Waals surface area contributed by atoms with Crippen molar-refractivity contribution in [3.8, 4) is 0 Å². The van der Waals surface area contributed by atoms with Gasteiger partial charge in [0.2, 0.25) is 15.9 Å². The van der Waals surface area contributed by atoms with E-state index in [1.165, 1.54) is 4.31 Å². The highest BCUT2D eigenvalue weighted by Gasteiger charge is 2.36. The Morgan fingerprint density at radius 1 is 1.09 bits per heavy atom. The summed E-state index contributed by atoms with van der Waals surface area (Å²) in [5, 5.41) is 3.45. The van der Waals surface area contributed by atoms with Crippen LogP contribution in [0.15, 0.2) is 0 Å². The van der Waals surface area contributed by atoms with Gasteiger partial charge in [-0.05, 0) is 57.5 Å². The van der Waals surface area contributed by atoms with Gasteiger partial charge in [-0.25, -0.2) is 12.7 Å². The maximum atomic E-state index is 12.9. The minimum absolute atomic E-state index is 0.119. The molecule has 1 unspecified atom stereocenters. The molecule has 3 saturated heterocycles. The van der Waals surface area contributed by atoms with Crippen molar-refractivity contribution in [2.24, 2.45) is 17.8 Å². The predicted octanol–water partition coefficient (Wildman–Crippen LogP) is 0.506. The predicted molar refractivity (Wildman–Crippen MR) is 89.4 cm³/mol. The lowest BCUT2D eigenvalue weighted by molar-refractivity contribution is -0.136. The van der Waals surface area contributed by atoms with Gasteiger partial charge < -0.3 is 10.2 Å². The lowest BCUT2D eigenvalue weighted by Gasteiger charge is -2.34. The molecule has 1 amide bonds. The highest BCUT2D eigenvalue weighted by Crippen LogP contribution is 2.29. The molecule has 3 atom stereocenters. The van der Waals surface area contributed by atoms with Gasteiger partial charge in [-0.15, -0.1) is 0 Å². The summed E-state index contributed by atoms with van der Waals surface area (Å²) in [6.45, 7) is 6.44. The Balaban J connectivity index is 1.61. The molecule has 3 heterocycles. The SMILES string of the molecule is CCS(=O)(=O)N1CCCC(C(=O)N2CC[C@@H]3CNC[C@@H]3CC2)C1. The fourth-order valence-corrected chi connectivity index (χ4v) is 5.46. The number of rotatable bonds is 3. The first-order valence-electron chi connectivity index (χ1n) is 8.98. The number of sulfonamides is 1. The van der Waals surface area contributed by atoms with Crippen LogP contribution < -0.4 is 5.32 Å². The average Bonchev–Trinajstić information content (AvgIpc) is 2.93. The topological polar surface area (TPSA) is 69.7 Å². The zero-order valence-corrected chi connectivity index (χ0v) is 14.9. The van der Waals surface area contributed by atoms with Crippen LogP contribution in [0.3, 0.4) is 0 Å². The van der Waals surface area contributed by atoms with Crippen molar-refractivity contribution in [3.63, 3.8) is 0 Å². The van der Waals surface area contributed by atoms with E-state index >= 15 is 0 Å². The molecular weight excluding hydrogens is 314 g/mol. The molecule has 132 valence electrons. The van der Waals surface area contributed by atoms with Gasteiger partial charge in [0.15, 0.2) is 0 Å². The molecule has 23 heavy (non-hydrogen) atoms. The van der Waals surface area contributed by atoms with Gasteiger partial charge in [-0.2, -0.15) is 0 Å². The monoisotopic (exact) mass is 343 g/mol. The van der Waals surface area contributed by atoms with Crippen LogP contribution in [0.1, 0.15) is 32.6 Å². The van der Waals surface area contributed by atoms with Crippen molar-refractivity contribution in [2.75, 3.05) is 45.0 Å². The number of likely N-dealkylation sites (tertiary alicyclic amines) is 1. The zero-order valence-electron chi connectivity index (χ0n) is 14.0. The number of nitrogens with zero attached hydrogens (tertiary/aromatic N) is 2. The van der Waals surface area contributed by atoms with Gasteiger partial charge in [0.05, 0.1) is 11.7 Å². The summed E-state index contributed by atoms with van der Waals surface area (Å²) in [4.78, 5) is 14.9. The molecule has 3 fully saturated rings. The summed E-state index contributed by atoms with van der Waals surface area (Å²) in [6.07, 6.45) is 3.76. The summed E-state index contributed by atoms with van der Waals surface area (Å²) in [5.41, 5.74) is 0. The number of amides is 1. The molecule has 0 saturated carbocycles. The molecule has 3 rings (SSSR count). The van der Waals surface area contributed by atoms with Crippen molar-refractivity contribution < 1.29 is 13.2 Å². The first-order chi connectivity index (χ1) is 11.0. The average molecular weight is 343 g/mol. The largest absolute Gasteiger partial charge is 0.342 e. The van der Waals surface area contributed by atoms with Gasteiger partial charge in [0.25, 0.3) is 0 Å². The van der Waals surface area contributed by atoms with Crippen molar-refractivity contribution in [1.29, 1.82) is 0 Å². The second kappa shape index (κ2) is 7.07. The lowest BCUT2D eigenvalue weighted by Crippen LogP contribution is -2.47. The number of hydrogen-bond donors (Lipinski definition) is 1. The molecule has 6 nitrogen and oxygen atoms in total. The molecule has 0 spiro atoms. The first-order valence-corrected chi connectivity index (χ1v) is 10.6. The molecule has 0 bridgehead atoms. The van der Waals surface area contributed by atoms with Gasteiger partial charge in [-0.1, -0.05) is 0 Å². The van der Waals surface area contributed by atoms with Crippen molar-refractivity contribution in [2.45, 2.75) is 32.6 Å². The Kier molecular flexibility index (Phi) is 5.28. The third-order valence-corrected chi connectivity index (χ3v) is 7.67. The molecule has 0 aromatic carbocycles. The zero-order chi connectivity index (χ0) is 16.4. The van der Waals surface area contributed by atoms with E-state index in [4.69, 9.17) is 0 Å². The standard InChI is InChI=1S/C16H29N3O3S/c1-2-23(21,22)19-7-3-4-15(12-19)16(20)18-8-5-13-10-17-11-14(13)6-9-18/h13-15,17H,2-12H2,1H3/t13-,14+,15?. The third kappa shape index (κ3) is 3.72. The van der Waals surface area contributed by atoms with Crippen LogP contribution in [0.25, 0.3) is 0 Å². The molecule has 3 aliphatic heterocycles. The fourth-order valence-electron chi connectivity index (χ4n) is 4.28. The van der Waals surface area contributed by atoms with E-state index < -0.39 is 10.0 Å². The number of piperidine rings is 1. The Labute approximate surface area is 139 Å². The maximum absolute atomic E-state index is 12.9. The number of carbonyl (C=O) groups is 1. The Morgan fingerprint density at radius 3 is 2.35 bits per heavy atom. The number of carbonyl (C=O) groups excluding carboxylic acids is 1. The smallest absolute Gasteiger partial charge is 0.227 e. The number of fused-ring (bicyclic) bond motifs is 1. The van der Waals surface area contributed by atoms with E-state index in [0.29, 0.717) is 24.9 Å². The molecule has 0 aliphatic carbocycles. The molecule has 0 radical (unpaired) electrons.